The van der Waals surface area contributed by atoms with Crippen molar-refractivity contribution in [2.24, 2.45) is 5.73 Å². The van der Waals surface area contributed by atoms with Crippen LogP contribution < -0.4 is 21.1 Å². The van der Waals surface area contributed by atoms with Gasteiger partial charge in [0.15, 0.2) is 0 Å². The number of carbonyl (C=O) groups is 1. The fourth-order valence-electron chi connectivity index (χ4n) is 2.70. The minimum Gasteiger partial charge on any atom is -0.384 e. The molecule has 2 amide bonds. The molecule has 3 aromatic carbocycles. The summed E-state index contributed by atoms with van der Waals surface area (Å²) < 4.78 is 53.7. The maximum absolute atomic E-state index is 13.7. The number of amides is 2. The third kappa shape index (κ3) is 5.86. The number of halogens is 2. The van der Waals surface area contributed by atoms with E-state index < -0.39 is 27.7 Å². The van der Waals surface area contributed by atoms with Crippen molar-refractivity contribution in [1.29, 1.82) is 5.41 Å². The second-order valence-electron chi connectivity index (χ2n) is 6.66. The predicted molar refractivity (Wildman–Crippen MR) is 117 cm³/mol. The molecule has 0 unspecified atom stereocenters. The molecule has 0 heterocycles. The van der Waals surface area contributed by atoms with E-state index in [-0.39, 0.29) is 22.8 Å². The monoisotopic (exact) mass is 459 g/mol. The van der Waals surface area contributed by atoms with Crippen LogP contribution in [0.5, 0.6) is 0 Å². The molecule has 0 saturated heterocycles. The van der Waals surface area contributed by atoms with Crippen LogP contribution >= 0.6 is 0 Å². The second-order valence-corrected chi connectivity index (χ2v) is 8.43. The fourth-order valence-corrected chi connectivity index (χ4v) is 3.70. The van der Waals surface area contributed by atoms with Gasteiger partial charge in [0.2, 0.25) is 10.0 Å². The largest absolute Gasteiger partial charge is 0.384 e. The molecule has 0 radical (unpaired) electrons. The van der Waals surface area contributed by atoms with Crippen LogP contribution in [0.1, 0.15) is 11.1 Å². The van der Waals surface area contributed by atoms with Crippen molar-refractivity contribution in [2.45, 2.75) is 11.4 Å². The summed E-state index contributed by atoms with van der Waals surface area (Å²) in [5.41, 5.74) is 6.62. The molecule has 0 aliphatic heterocycles. The van der Waals surface area contributed by atoms with Gasteiger partial charge in [-0.3, -0.25) is 5.41 Å². The maximum Gasteiger partial charge on any atom is 0.323 e. The molecule has 0 aliphatic rings. The Kier molecular flexibility index (Phi) is 6.81. The van der Waals surface area contributed by atoms with Gasteiger partial charge in [0, 0.05) is 35.1 Å². The first-order chi connectivity index (χ1) is 15.1. The lowest BCUT2D eigenvalue weighted by atomic mass is 10.2. The molecule has 6 N–H and O–H groups in total. The summed E-state index contributed by atoms with van der Waals surface area (Å²) in [6.45, 7) is -0.351. The number of amidine groups is 1. The van der Waals surface area contributed by atoms with Crippen molar-refractivity contribution in [3.05, 3.63) is 89.5 Å². The van der Waals surface area contributed by atoms with Crippen LogP contribution in [0.4, 0.5) is 25.0 Å². The van der Waals surface area contributed by atoms with Gasteiger partial charge in [-0.15, -0.1) is 0 Å². The molecule has 0 fully saturated rings. The van der Waals surface area contributed by atoms with Crippen molar-refractivity contribution in [2.75, 3.05) is 10.6 Å². The first kappa shape index (κ1) is 22.8. The van der Waals surface area contributed by atoms with E-state index in [1.54, 1.807) is 18.2 Å². The number of sulfonamides is 1. The van der Waals surface area contributed by atoms with Crippen LogP contribution in [-0.4, -0.2) is 20.3 Å². The van der Waals surface area contributed by atoms with Gasteiger partial charge in [-0.1, -0.05) is 18.2 Å². The van der Waals surface area contributed by atoms with Gasteiger partial charge in [0.1, 0.15) is 17.5 Å². The third-order valence-electron chi connectivity index (χ3n) is 4.32. The number of hydrogen-bond acceptors (Lipinski definition) is 4. The van der Waals surface area contributed by atoms with Gasteiger partial charge in [-0.2, -0.15) is 0 Å². The molecular weight excluding hydrogens is 440 g/mol. The average molecular weight is 459 g/mol. The summed E-state index contributed by atoms with van der Waals surface area (Å²) in [6.07, 6.45) is 0. The first-order valence-electron chi connectivity index (χ1n) is 9.20. The molecular formula is C21H19F2N5O3S. The Morgan fingerprint density at radius 1 is 0.938 bits per heavy atom. The molecule has 3 aromatic rings. The van der Waals surface area contributed by atoms with E-state index >= 15 is 0 Å². The van der Waals surface area contributed by atoms with Crippen LogP contribution in [0.25, 0.3) is 0 Å². The van der Waals surface area contributed by atoms with Gasteiger partial charge in [-0.25, -0.2) is 26.7 Å². The minimum atomic E-state index is -3.96. The SMILES string of the molecule is N=C(N)c1cccc(NC(=O)Nc2ccc(S(=O)(=O)NCc3ccc(F)cc3F)cc2)c1. The number of rotatable bonds is 7. The lowest BCUT2D eigenvalue weighted by Gasteiger charge is -2.10. The number of nitrogens with two attached hydrogens (primary N) is 1. The van der Waals surface area contributed by atoms with E-state index in [2.05, 4.69) is 15.4 Å². The predicted octanol–water partition coefficient (Wildman–Crippen LogP) is 3.37. The van der Waals surface area contributed by atoms with Gasteiger partial charge in [0.25, 0.3) is 0 Å². The number of anilines is 2. The number of carbonyl (C=O) groups excluding carboxylic acids is 1. The molecule has 0 atom stereocenters. The zero-order valence-electron chi connectivity index (χ0n) is 16.5. The highest BCUT2D eigenvalue weighted by Crippen LogP contribution is 2.17. The van der Waals surface area contributed by atoms with Crippen LogP contribution in [0.3, 0.4) is 0 Å². The molecule has 0 saturated carbocycles. The highest BCUT2D eigenvalue weighted by atomic mass is 32.2. The Bertz CT molecular complexity index is 1260. The lowest BCUT2D eigenvalue weighted by molar-refractivity contribution is 0.262. The van der Waals surface area contributed by atoms with Crippen LogP contribution in [-0.2, 0) is 16.6 Å². The summed E-state index contributed by atoms with van der Waals surface area (Å²) in [4.78, 5) is 12.1. The number of urea groups is 1. The molecule has 166 valence electrons. The summed E-state index contributed by atoms with van der Waals surface area (Å²) in [5, 5.41) is 12.6. The Balaban J connectivity index is 1.61. The molecule has 0 spiro atoms. The van der Waals surface area contributed by atoms with Crippen molar-refractivity contribution >= 4 is 33.3 Å². The molecule has 8 nitrogen and oxygen atoms in total. The van der Waals surface area contributed by atoms with E-state index in [9.17, 15) is 22.0 Å². The molecule has 0 aliphatic carbocycles. The number of nitrogens with one attached hydrogen (secondary N) is 4. The Morgan fingerprint density at radius 3 is 2.28 bits per heavy atom. The third-order valence-corrected chi connectivity index (χ3v) is 5.74. The Morgan fingerprint density at radius 2 is 1.62 bits per heavy atom. The van der Waals surface area contributed by atoms with Gasteiger partial charge in [0.05, 0.1) is 4.90 Å². The van der Waals surface area contributed by atoms with Crippen LogP contribution in [0.2, 0.25) is 0 Å². The summed E-state index contributed by atoms with van der Waals surface area (Å²) in [7, 11) is -3.96. The highest BCUT2D eigenvalue weighted by molar-refractivity contribution is 7.89. The van der Waals surface area contributed by atoms with Crippen molar-refractivity contribution in [1.82, 2.24) is 4.72 Å². The van der Waals surface area contributed by atoms with E-state index in [1.165, 1.54) is 30.3 Å². The fraction of sp³-hybridized carbons (Fsp3) is 0.0476. The van der Waals surface area contributed by atoms with E-state index in [0.717, 1.165) is 12.1 Å². The highest BCUT2D eigenvalue weighted by Gasteiger charge is 2.15. The second kappa shape index (κ2) is 9.54. The Hall–Kier alpha value is -3.83. The standard InChI is InChI=1S/C21H19F2N5O3S/c22-15-5-4-14(19(23)11-15)12-26-32(30,31)18-8-6-16(7-9-18)27-21(29)28-17-3-1-2-13(10-17)20(24)25/h1-11,26H,12H2,(H3,24,25)(H2,27,28,29). The van der Waals surface area contributed by atoms with Gasteiger partial charge >= 0.3 is 6.03 Å². The first-order valence-corrected chi connectivity index (χ1v) is 10.7. The molecule has 11 heteroatoms. The lowest BCUT2D eigenvalue weighted by Crippen LogP contribution is -2.24. The zero-order valence-corrected chi connectivity index (χ0v) is 17.3. The zero-order chi connectivity index (χ0) is 23.3. The smallest absolute Gasteiger partial charge is 0.323 e. The van der Waals surface area contributed by atoms with Gasteiger partial charge in [-0.05, 0) is 42.5 Å². The van der Waals surface area contributed by atoms with Crippen LogP contribution in [0, 0.1) is 17.0 Å². The quantitative estimate of drug-likeness (QED) is 0.273. The van der Waals surface area contributed by atoms with Crippen LogP contribution in [0.15, 0.2) is 71.6 Å². The normalized spacial score (nSPS) is 11.1. The van der Waals surface area contributed by atoms with Crippen molar-refractivity contribution in [3.63, 3.8) is 0 Å². The topological polar surface area (TPSA) is 137 Å². The number of benzene rings is 3. The van der Waals surface area contributed by atoms with Gasteiger partial charge < -0.3 is 16.4 Å². The minimum absolute atomic E-state index is 0.00113. The van der Waals surface area contributed by atoms with E-state index in [4.69, 9.17) is 11.1 Å². The number of hydrogen-bond donors (Lipinski definition) is 5. The van der Waals surface area contributed by atoms with E-state index in [0.29, 0.717) is 23.0 Å². The molecule has 32 heavy (non-hydrogen) atoms. The average Bonchev–Trinajstić information content (AvgIpc) is 2.73. The molecule has 0 bridgehead atoms. The summed E-state index contributed by atoms with van der Waals surface area (Å²) in [5.74, 6) is -1.75. The van der Waals surface area contributed by atoms with Crippen molar-refractivity contribution < 1.29 is 22.0 Å². The molecule has 3 rings (SSSR count). The van der Waals surface area contributed by atoms with Crippen molar-refractivity contribution in [3.8, 4) is 0 Å². The summed E-state index contributed by atoms with van der Waals surface area (Å²) >= 11 is 0. The molecule has 0 aromatic heterocycles. The van der Waals surface area contributed by atoms with E-state index in [1.807, 2.05) is 0 Å². The maximum atomic E-state index is 13.7. The Labute approximate surface area is 183 Å². The number of nitrogen functional groups attached to an aromatic ring is 1. The summed E-state index contributed by atoms with van der Waals surface area (Å²) in [6, 6.07) is 14.0.